The number of thiazole rings is 1. The highest BCUT2D eigenvalue weighted by Crippen LogP contribution is 2.23. The second-order valence-electron chi connectivity index (χ2n) is 4.67. The Bertz CT molecular complexity index is 786. The Balaban J connectivity index is 1.60. The predicted octanol–water partition coefficient (Wildman–Crippen LogP) is 2.99. The van der Waals surface area contributed by atoms with E-state index in [0.29, 0.717) is 11.7 Å². The summed E-state index contributed by atoms with van der Waals surface area (Å²) in [4.78, 5) is 16.6. The molecule has 2 heterocycles. The number of benzene rings is 1. The van der Waals surface area contributed by atoms with Crippen LogP contribution >= 0.6 is 22.7 Å². The second kappa shape index (κ2) is 7.40. The Morgan fingerprint density at radius 1 is 1.26 bits per heavy atom. The van der Waals surface area contributed by atoms with Crippen LogP contribution in [0, 0.1) is 0 Å². The van der Waals surface area contributed by atoms with Gasteiger partial charge in [-0.15, -0.1) is 21.5 Å². The summed E-state index contributed by atoms with van der Waals surface area (Å²) in [6.07, 6.45) is 0.211. The standard InChI is InChI=1S/C15H14N4O2S2/c1-21-8-13-18-19-15(23-13)17-12(20)7-11-9-22-14(16-11)10-5-3-2-4-6-10/h2-6,9H,7-8H2,1H3,(H,17,19,20). The van der Waals surface area contributed by atoms with E-state index in [1.807, 2.05) is 35.7 Å². The zero-order chi connectivity index (χ0) is 16.1. The van der Waals surface area contributed by atoms with Gasteiger partial charge in [0.1, 0.15) is 16.6 Å². The van der Waals surface area contributed by atoms with E-state index in [4.69, 9.17) is 4.74 Å². The second-order valence-corrected chi connectivity index (χ2v) is 6.59. The van der Waals surface area contributed by atoms with Crippen molar-refractivity contribution in [1.29, 1.82) is 0 Å². The molecule has 3 aromatic rings. The van der Waals surface area contributed by atoms with Gasteiger partial charge in [-0.05, 0) is 0 Å². The Hall–Kier alpha value is -2.16. The average Bonchev–Trinajstić information content (AvgIpc) is 3.18. The van der Waals surface area contributed by atoms with Gasteiger partial charge in [0.2, 0.25) is 11.0 Å². The molecule has 0 aliphatic carbocycles. The molecule has 23 heavy (non-hydrogen) atoms. The molecule has 0 bridgehead atoms. The van der Waals surface area contributed by atoms with Gasteiger partial charge < -0.3 is 10.1 Å². The number of amides is 1. The largest absolute Gasteiger partial charge is 0.377 e. The Morgan fingerprint density at radius 3 is 2.87 bits per heavy atom. The summed E-state index contributed by atoms with van der Waals surface area (Å²) in [5, 5.41) is 14.6. The number of nitrogens with one attached hydrogen (secondary N) is 1. The number of ether oxygens (including phenoxy) is 1. The summed E-state index contributed by atoms with van der Waals surface area (Å²) in [6, 6.07) is 9.90. The SMILES string of the molecule is COCc1nnc(NC(=O)Cc2csc(-c3ccccc3)n2)s1. The lowest BCUT2D eigenvalue weighted by Crippen LogP contribution is -2.14. The highest BCUT2D eigenvalue weighted by atomic mass is 32.1. The van der Waals surface area contributed by atoms with Crippen LogP contribution in [-0.4, -0.2) is 28.2 Å². The molecule has 0 aliphatic rings. The summed E-state index contributed by atoms with van der Waals surface area (Å²) in [7, 11) is 1.59. The molecular weight excluding hydrogens is 332 g/mol. The van der Waals surface area contributed by atoms with Gasteiger partial charge in [-0.2, -0.15) is 0 Å². The van der Waals surface area contributed by atoms with Crippen molar-refractivity contribution in [3.05, 3.63) is 46.4 Å². The molecule has 6 nitrogen and oxygen atoms in total. The van der Waals surface area contributed by atoms with Crippen LogP contribution in [0.25, 0.3) is 10.6 Å². The number of rotatable bonds is 6. The third-order valence-electron chi connectivity index (χ3n) is 2.90. The number of hydrogen-bond acceptors (Lipinski definition) is 7. The van der Waals surface area contributed by atoms with Gasteiger partial charge >= 0.3 is 0 Å². The van der Waals surface area contributed by atoms with Gasteiger partial charge in [0.05, 0.1) is 12.1 Å². The van der Waals surface area contributed by atoms with Crippen LogP contribution < -0.4 is 5.32 Å². The maximum absolute atomic E-state index is 12.1. The van der Waals surface area contributed by atoms with Gasteiger partial charge in [0.15, 0.2) is 0 Å². The normalized spacial score (nSPS) is 10.7. The Kier molecular flexibility index (Phi) is 5.06. The third-order valence-corrected chi connectivity index (χ3v) is 4.65. The van der Waals surface area contributed by atoms with E-state index in [-0.39, 0.29) is 12.3 Å². The molecule has 0 aliphatic heterocycles. The van der Waals surface area contributed by atoms with Gasteiger partial charge in [-0.1, -0.05) is 41.7 Å². The van der Waals surface area contributed by atoms with Crippen LogP contribution in [0.2, 0.25) is 0 Å². The smallest absolute Gasteiger partial charge is 0.232 e. The first-order valence-electron chi connectivity index (χ1n) is 6.85. The van der Waals surface area contributed by atoms with Crippen molar-refractivity contribution in [1.82, 2.24) is 15.2 Å². The molecule has 0 radical (unpaired) electrons. The number of methoxy groups -OCH3 is 1. The minimum Gasteiger partial charge on any atom is -0.377 e. The zero-order valence-corrected chi connectivity index (χ0v) is 14.0. The van der Waals surface area contributed by atoms with E-state index in [9.17, 15) is 4.79 Å². The molecule has 0 unspecified atom stereocenters. The highest BCUT2D eigenvalue weighted by molar-refractivity contribution is 7.15. The number of hydrogen-bond donors (Lipinski definition) is 1. The number of aromatic nitrogens is 3. The minimum absolute atomic E-state index is 0.157. The van der Waals surface area contributed by atoms with Crippen LogP contribution in [0.4, 0.5) is 5.13 Å². The van der Waals surface area contributed by atoms with Crippen LogP contribution in [-0.2, 0) is 22.6 Å². The predicted molar refractivity (Wildman–Crippen MR) is 90.5 cm³/mol. The van der Waals surface area contributed by atoms with Crippen molar-refractivity contribution < 1.29 is 9.53 Å². The lowest BCUT2D eigenvalue weighted by molar-refractivity contribution is -0.115. The van der Waals surface area contributed by atoms with Crippen LogP contribution in [0.5, 0.6) is 0 Å². The van der Waals surface area contributed by atoms with E-state index in [1.165, 1.54) is 22.7 Å². The first-order valence-corrected chi connectivity index (χ1v) is 8.55. The summed E-state index contributed by atoms with van der Waals surface area (Å²) in [5.41, 5.74) is 1.80. The molecule has 0 saturated heterocycles. The first kappa shape index (κ1) is 15.7. The van der Waals surface area contributed by atoms with E-state index < -0.39 is 0 Å². The average molecular weight is 346 g/mol. The number of carbonyl (C=O) groups excluding carboxylic acids is 1. The summed E-state index contributed by atoms with van der Waals surface area (Å²) >= 11 is 2.83. The van der Waals surface area contributed by atoms with Crippen LogP contribution in [0.3, 0.4) is 0 Å². The molecule has 0 spiro atoms. The molecule has 0 fully saturated rings. The Labute approximate surface area is 141 Å². The fourth-order valence-electron chi connectivity index (χ4n) is 1.92. The van der Waals surface area contributed by atoms with Gasteiger partial charge in [0, 0.05) is 18.1 Å². The maximum Gasteiger partial charge on any atom is 0.232 e. The van der Waals surface area contributed by atoms with Crippen molar-refractivity contribution in [2.75, 3.05) is 12.4 Å². The third kappa shape index (κ3) is 4.19. The fraction of sp³-hybridized carbons (Fsp3) is 0.200. The summed E-state index contributed by atoms with van der Waals surface area (Å²) < 4.78 is 4.97. The van der Waals surface area contributed by atoms with Crippen molar-refractivity contribution in [3.63, 3.8) is 0 Å². The highest BCUT2D eigenvalue weighted by Gasteiger charge is 2.11. The number of carbonyl (C=O) groups is 1. The van der Waals surface area contributed by atoms with E-state index >= 15 is 0 Å². The molecule has 118 valence electrons. The molecule has 0 atom stereocenters. The van der Waals surface area contributed by atoms with Gasteiger partial charge in [-0.25, -0.2) is 4.98 Å². The topological polar surface area (TPSA) is 77.0 Å². The Morgan fingerprint density at radius 2 is 2.09 bits per heavy atom. The molecule has 0 saturated carbocycles. The molecule has 2 aromatic heterocycles. The lowest BCUT2D eigenvalue weighted by Gasteiger charge is -1.98. The fourth-order valence-corrected chi connectivity index (χ4v) is 3.47. The van der Waals surface area contributed by atoms with Gasteiger partial charge in [-0.3, -0.25) is 4.79 Å². The van der Waals surface area contributed by atoms with Gasteiger partial charge in [0.25, 0.3) is 0 Å². The van der Waals surface area contributed by atoms with Crippen molar-refractivity contribution >= 4 is 33.7 Å². The van der Waals surface area contributed by atoms with Crippen LogP contribution in [0.1, 0.15) is 10.7 Å². The maximum atomic E-state index is 12.1. The van der Waals surface area contributed by atoms with E-state index in [0.717, 1.165) is 21.3 Å². The molecule has 1 N–H and O–H groups in total. The minimum atomic E-state index is -0.157. The van der Waals surface area contributed by atoms with E-state index in [1.54, 1.807) is 7.11 Å². The molecule has 8 heteroatoms. The molecule has 1 aromatic carbocycles. The zero-order valence-electron chi connectivity index (χ0n) is 12.4. The molecule has 1 amide bonds. The summed E-state index contributed by atoms with van der Waals surface area (Å²) in [6.45, 7) is 0.389. The van der Waals surface area contributed by atoms with Crippen molar-refractivity contribution in [3.8, 4) is 10.6 Å². The monoisotopic (exact) mass is 346 g/mol. The summed E-state index contributed by atoms with van der Waals surface area (Å²) in [5.74, 6) is -0.157. The molecule has 3 rings (SSSR count). The number of anilines is 1. The van der Waals surface area contributed by atoms with Crippen molar-refractivity contribution in [2.45, 2.75) is 13.0 Å². The quantitative estimate of drug-likeness (QED) is 0.742. The number of nitrogens with zero attached hydrogens (tertiary/aromatic N) is 3. The first-order chi connectivity index (χ1) is 11.2. The van der Waals surface area contributed by atoms with E-state index in [2.05, 4.69) is 20.5 Å². The van der Waals surface area contributed by atoms with Crippen molar-refractivity contribution in [2.24, 2.45) is 0 Å². The lowest BCUT2D eigenvalue weighted by atomic mass is 10.2. The van der Waals surface area contributed by atoms with Crippen LogP contribution in [0.15, 0.2) is 35.7 Å². The molecular formula is C15H14N4O2S2.